The molecule has 0 unspecified atom stereocenters. The third kappa shape index (κ3) is 6.81. The summed E-state index contributed by atoms with van der Waals surface area (Å²) in [5, 5.41) is 14.5. The average molecular weight is 334 g/mol. The van der Waals surface area contributed by atoms with E-state index in [4.69, 9.17) is 0 Å². The second-order valence-corrected chi connectivity index (χ2v) is 6.19. The Labute approximate surface area is 142 Å². The van der Waals surface area contributed by atoms with Gasteiger partial charge in [0.1, 0.15) is 12.1 Å². The summed E-state index contributed by atoms with van der Waals surface area (Å²) in [5.74, 6) is -1.67. The van der Waals surface area contributed by atoms with Gasteiger partial charge in [-0.25, -0.2) is 4.79 Å². The smallest absolute Gasteiger partial charge is 0.326 e. The lowest BCUT2D eigenvalue weighted by molar-refractivity contribution is -0.142. The van der Waals surface area contributed by atoms with Gasteiger partial charge in [0.2, 0.25) is 11.8 Å². The van der Waals surface area contributed by atoms with Gasteiger partial charge in [-0.3, -0.25) is 9.59 Å². The molecule has 0 aliphatic heterocycles. The summed E-state index contributed by atoms with van der Waals surface area (Å²) in [7, 11) is 0. The summed E-state index contributed by atoms with van der Waals surface area (Å²) in [6, 6.07) is 7.53. The van der Waals surface area contributed by atoms with E-state index in [0.29, 0.717) is 12.8 Å². The van der Waals surface area contributed by atoms with E-state index in [9.17, 15) is 19.5 Å². The molecule has 0 bridgehead atoms. The first kappa shape index (κ1) is 19.7. The van der Waals surface area contributed by atoms with Crippen LogP contribution < -0.4 is 10.6 Å². The van der Waals surface area contributed by atoms with Crippen molar-refractivity contribution in [2.24, 2.45) is 5.92 Å². The predicted molar refractivity (Wildman–Crippen MR) is 91.4 cm³/mol. The molecular formula is C18H26N2O4. The van der Waals surface area contributed by atoms with E-state index in [1.165, 1.54) is 0 Å². The topological polar surface area (TPSA) is 95.5 Å². The van der Waals surface area contributed by atoms with E-state index >= 15 is 0 Å². The molecule has 0 spiro atoms. The van der Waals surface area contributed by atoms with E-state index < -0.39 is 24.0 Å². The molecule has 1 aromatic rings. The van der Waals surface area contributed by atoms with Gasteiger partial charge in [-0.1, -0.05) is 51.1 Å². The molecule has 1 rings (SSSR count). The summed E-state index contributed by atoms with van der Waals surface area (Å²) in [5.41, 5.74) is 0.893. The molecule has 0 aliphatic carbocycles. The van der Waals surface area contributed by atoms with Crippen LogP contribution in [0.15, 0.2) is 30.3 Å². The number of rotatable bonds is 9. The molecule has 1 aromatic carbocycles. The maximum Gasteiger partial charge on any atom is 0.326 e. The summed E-state index contributed by atoms with van der Waals surface area (Å²) < 4.78 is 0. The number of amides is 2. The second kappa shape index (κ2) is 9.70. The number of carboxylic acids is 1. The highest BCUT2D eigenvalue weighted by Gasteiger charge is 2.26. The van der Waals surface area contributed by atoms with E-state index in [-0.39, 0.29) is 18.2 Å². The van der Waals surface area contributed by atoms with E-state index in [0.717, 1.165) is 5.56 Å². The molecule has 0 saturated heterocycles. The second-order valence-electron chi connectivity index (χ2n) is 6.19. The molecule has 132 valence electrons. The molecule has 0 radical (unpaired) electrons. The third-order valence-corrected chi connectivity index (χ3v) is 3.58. The molecule has 6 nitrogen and oxygen atoms in total. The molecule has 0 fully saturated rings. The molecular weight excluding hydrogens is 308 g/mol. The third-order valence-electron chi connectivity index (χ3n) is 3.58. The van der Waals surface area contributed by atoms with E-state index in [2.05, 4.69) is 10.6 Å². The standard InChI is InChI=1S/C18H26N2O4/c1-4-16(21)19-14(11-13-8-6-5-7-9-13)17(22)20-15(18(23)24)10-12(2)3/h5-9,12,14-15H,4,10-11H2,1-3H3,(H,19,21)(H,20,22)(H,23,24)/t14-,15-/m0/s1. The van der Waals surface area contributed by atoms with Crippen molar-refractivity contribution in [3.63, 3.8) is 0 Å². The Bertz CT molecular complexity index is 557. The van der Waals surface area contributed by atoms with Gasteiger partial charge in [-0.05, 0) is 17.9 Å². The van der Waals surface area contributed by atoms with Gasteiger partial charge < -0.3 is 15.7 Å². The van der Waals surface area contributed by atoms with Crippen molar-refractivity contribution < 1.29 is 19.5 Å². The van der Waals surface area contributed by atoms with Crippen LogP contribution in [0.25, 0.3) is 0 Å². The fourth-order valence-corrected chi connectivity index (χ4v) is 2.32. The van der Waals surface area contributed by atoms with Crippen LogP contribution in [0.4, 0.5) is 0 Å². The lowest BCUT2D eigenvalue weighted by Crippen LogP contribution is -2.52. The largest absolute Gasteiger partial charge is 0.480 e. The minimum atomic E-state index is -1.07. The number of nitrogens with one attached hydrogen (secondary N) is 2. The van der Waals surface area contributed by atoms with Crippen molar-refractivity contribution in [3.8, 4) is 0 Å². The van der Waals surface area contributed by atoms with Crippen LogP contribution in [0.5, 0.6) is 0 Å². The van der Waals surface area contributed by atoms with Crippen LogP contribution in [0.2, 0.25) is 0 Å². The van der Waals surface area contributed by atoms with Crippen LogP contribution in [-0.4, -0.2) is 35.0 Å². The van der Waals surface area contributed by atoms with Crippen LogP contribution in [-0.2, 0) is 20.8 Å². The van der Waals surface area contributed by atoms with Crippen molar-refractivity contribution in [1.82, 2.24) is 10.6 Å². The predicted octanol–water partition coefficient (Wildman–Crippen LogP) is 1.74. The Morgan fingerprint density at radius 2 is 1.67 bits per heavy atom. The lowest BCUT2D eigenvalue weighted by atomic mass is 10.0. The van der Waals surface area contributed by atoms with Gasteiger partial charge in [-0.2, -0.15) is 0 Å². The van der Waals surface area contributed by atoms with Crippen LogP contribution >= 0.6 is 0 Å². The van der Waals surface area contributed by atoms with Crippen LogP contribution in [0.1, 0.15) is 39.2 Å². The number of aliphatic carboxylic acids is 1. The van der Waals surface area contributed by atoms with Crippen molar-refractivity contribution in [3.05, 3.63) is 35.9 Å². The SMILES string of the molecule is CCC(=O)N[C@@H](Cc1ccccc1)C(=O)N[C@@H](CC(C)C)C(=O)O. The number of carboxylic acid groups (broad SMARTS) is 1. The van der Waals surface area contributed by atoms with Gasteiger partial charge in [0.25, 0.3) is 0 Å². The Kier molecular flexibility index (Phi) is 7.95. The summed E-state index contributed by atoms with van der Waals surface area (Å²) in [6.07, 6.45) is 0.903. The van der Waals surface area contributed by atoms with Crippen LogP contribution in [0.3, 0.4) is 0 Å². The quantitative estimate of drug-likeness (QED) is 0.641. The fraction of sp³-hybridized carbons (Fsp3) is 0.500. The average Bonchev–Trinajstić information content (AvgIpc) is 2.53. The van der Waals surface area contributed by atoms with E-state index in [1.807, 2.05) is 44.2 Å². The molecule has 3 N–H and O–H groups in total. The van der Waals surface area contributed by atoms with Gasteiger partial charge >= 0.3 is 5.97 Å². The van der Waals surface area contributed by atoms with Gasteiger partial charge in [0.15, 0.2) is 0 Å². The van der Waals surface area contributed by atoms with Crippen molar-refractivity contribution >= 4 is 17.8 Å². The van der Waals surface area contributed by atoms with Crippen molar-refractivity contribution in [2.45, 2.75) is 52.1 Å². The maximum absolute atomic E-state index is 12.5. The molecule has 2 atom stereocenters. The molecule has 0 heterocycles. The Hall–Kier alpha value is -2.37. The van der Waals surface area contributed by atoms with Crippen LogP contribution in [0, 0.1) is 5.92 Å². The first-order valence-corrected chi connectivity index (χ1v) is 8.20. The first-order chi connectivity index (χ1) is 11.3. The zero-order valence-corrected chi connectivity index (χ0v) is 14.4. The molecule has 0 saturated carbocycles. The molecule has 2 amide bonds. The van der Waals surface area contributed by atoms with E-state index in [1.54, 1.807) is 6.92 Å². The summed E-state index contributed by atoms with van der Waals surface area (Å²) >= 11 is 0. The molecule has 0 aliphatic rings. The number of hydrogen-bond donors (Lipinski definition) is 3. The van der Waals surface area contributed by atoms with Gasteiger partial charge in [0, 0.05) is 12.8 Å². The summed E-state index contributed by atoms with van der Waals surface area (Å²) in [6.45, 7) is 5.48. The minimum absolute atomic E-state index is 0.129. The lowest BCUT2D eigenvalue weighted by Gasteiger charge is -2.22. The van der Waals surface area contributed by atoms with Crippen molar-refractivity contribution in [1.29, 1.82) is 0 Å². The zero-order valence-electron chi connectivity index (χ0n) is 14.4. The highest BCUT2D eigenvalue weighted by molar-refractivity contribution is 5.90. The Morgan fingerprint density at radius 1 is 1.04 bits per heavy atom. The Morgan fingerprint density at radius 3 is 2.17 bits per heavy atom. The van der Waals surface area contributed by atoms with Gasteiger partial charge in [-0.15, -0.1) is 0 Å². The number of carbonyl (C=O) groups is 3. The Balaban J connectivity index is 2.85. The molecule has 0 aromatic heterocycles. The molecule has 6 heteroatoms. The van der Waals surface area contributed by atoms with Gasteiger partial charge in [0.05, 0.1) is 0 Å². The van der Waals surface area contributed by atoms with Crippen molar-refractivity contribution in [2.75, 3.05) is 0 Å². The maximum atomic E-state index is 12.5. The first-order valence-electron chi connectivity index (χ1n) is 8.20. The number of hydrogen-bond acceptors (Lipinski definition) is 3. The highest BCUT2D eigenvalue weighted by atomic mass is 16.4. The fourth-order valence-electron chi connectivity index (χ4n) is 2.32. The normalized spacial score (nSPS) is 13.2. The molecule has 24 heavy (non-hydrogen) atoms. The minimum Gasteiger partial charge on any atom is -0.480 e. The number of carbonyl (C=O) groups excluding carboxylic acids is 2. The zero-order chi connectivity index (χ0) is 18.1. The monoisotopic (exact) mass is 334 g/mol. The number of benzene rings is 1. The summed E-state index contributed by atoms with van der Waals surface area (Å²) in [4.78, 5) is 35.5. The highest BCUT2D eigenvalue weighted by Crippen LogP contribution is 2.08.